The molecule has 1 aromatic carbocycles. The summed E-state index contributed by atoms with van der Waals surface area (Å²) < 4.78 is 62.3. The second-order valence-corrected chi connectivity index (χ2v) is 15.5. The number of aliphatic imine (C=N–C) groups is 1. The summed E-state index contributed by atoms with van der Waals surface area (Å²) in [6.45, 7) is 1.18. The Hall–Kier alpha value is -3.14. The van der Waals surface area contributed by atoms with Crippen LogP contribution in [0.25, 0.3) is 4.91 Å². The Bertz CT molecular complexity index is 1730. The first-order valence-electron chi connectivity index (χ1n) is 17.7. The van der Waals surface area contributed by atoms with Gasteiger partial charge in [-0.15, -0.1) is 0 Å². The molecule has 1 saturated carbocycles. The van der Waals surface area contributed by atoms with Gasteiger partial charge in [-0.3, -0.25) is 14.7 Å². The molecule has 15 atom stereocenters. The predicted octanol–water partition coefficient (Wildman–Crippen LogP) is -4.81. The minimum absolute atomic E-state index is 0.0849. The van der Waals surface area contributed by atoms with Crippen LogP contribution in [0.4, 0.5) is 4.39 Å². The Labute approximate surface area is 321 Å². The number of nitrogens with one attached hydrogen (secondary N) is 1. The SMILES string of the molecule is CC1=C(c2ccc(F)cc2)S(=O)(=O)NC1=NCc1ccccn1.NC[C@H]1O[C@H](O[C@H]2[C@H](O)[C@@H](O[C@H]3O[C@H](CO)[C@@H](O)[C@H](N)[C@H]3O)[C@H](N)C[C@@H]2N)[C@H](O)[C@@H](O)[C@@H]1O. The maximum Gasteiger partial charge on any atom is 0.264 e. The molecule has 4 heterocycles. The van der Waals surface area contributed by atoms with E-state index in [1.807, 2.05) is 12.1 Å². The fourth-order valence-corrected chi connectivity index (χ4v) is 8.26. The normalized spacial score (nSPS) is 39.2. The van der Waals surface area contributed by atoms with Crippen LogP contribution in [0, 0.1) is 5.82 Å². The van der Waals surface area contributed by atoms with E-state index in [1.165, 1.54) is 24.3 Å². The monoisotopic (exact) mass is 815 g/mol. The van der Waals surface area contributed by atoms with Crippen LogP contribution in [0.2, 0.25) is 0 Å². The second kappa shape index (κ2) is 18.6. The highest BCUT2D eigenvalue weighted by Crippen LogP contribution is 2.32. The van der Waals surface area contributed by atoms with Crippen molar-refractivity contribution >= 4 is 20.8 Å². The molecule has 4 aliphatic rings. The van der Waals surface area contributed by atoms with Crippen molar-refractivity contribution in [2.45, 2.75) is 112 Å². The number of hydrogen-bond acceptors (Lipinski definition) is 19. The molecular formula is C34H50FN7O13S. The number of ether oxygens (including phenoxy) is 4. The second-order valence-electron chi connectivity index (χ2n) is 13.8. The molecule has 3 aliphatic heterocycles. The van der Waals surface area contributed by atoms with E-state index in [-0.39, 0.29) is 30.3 Å². The van der Waals surface area contributed by atoms with Crippen LogP contribution in [0.5, 0.6) is 0 Å². The first kappa shape index (κ1) is 44.0. The summed E-state index contributed by atoms with van der Waals surface area (Å²) in [4.78, 5) is 8.56. The number of nitrogens with two attached hydrogens (primary N) is 4. The fraction of sp³-hybridized carbons (Fsp3) is 0.588. The van der Waals surface area contributed by atoms with Crippen molar-refractivity contribution < 1.29 is 67.5 Å². The zero-order valence-corrected chi connectivity index (χ0v) is 31.0. The largest absolute Gasteiger partial charge is 0.394 e. The van der Waals surface area contributed by atoms with Crippen LogP contribution in [-0.2, 0) is 35.5 Å². The zero-order valence-electron chi connectivity index (χ0n) is 30.2. The molecule has 0 amide bonds. The van der Waals surface area contributed by atoms with Crippen LogP contribution in [0.15, 0.2) is 59.2 Å². The van der Waals surface area contributed by atoms with E-state index in [1.54, 1.807) is 19.2 Å². The Morgan fingerprint density at radius 3 is 2.04 bits per heavy atom. The lowest BCUT2D eigenvalue weighted by Gasteiger charge is -2.48. The van der Waals surface area contributed by atoms with Gasteiger partial charge in [0.25, 0.3) is 10.0 Å². The maximum atomic E-state index is 13.0. The Morgan fingerprint density at radius 2 is 1.46 bits per heavy atom. The number of halogens is 1. The summed E-state index contributed by atoms with van der Waals surface area (Å²) >= 11 is 0. The van der Waals surface area contributed by atoms with Gasteiger partial charge >= 0.3 is 0 Å². The van der Waals surface area contributed by atoms with E-state index in [9.17, 15) is 48.6 Å². The van der Waals surface area contributed by atoms with E-state index < -0.39 is 114 Å². The lowest BCUT2D eigenvalue weighted by atomic mass is 9.84. The van der Waals surface area contributed by atoms with Crippen molar-refractivity contribution in [3.63, 3.8) is 0 Å². The highest BCUT2D eigenvalue weighted by atomic mass is 32.2. The molecule has 0 bridgehead atoms. The van der Waals surface area contributed by atoms with Gasteiger partial charge < -0.3 is 77.6 Å². The van der Waals surface area contributed by atoms with Gasteiger partial charge in [-0.25, -0.2) is 12.8 Å². The minimum Gasteiger partial charge on any atom is -0.394 e. The maximum absolute atomic E-state index is 13.0. The fourth-order valence-electron chi connectivity index (χ4n) is 6.74. The Kier molecular flexibility index (Phi) is 14.6. The first-order chi connectivity index (χ1) is 26.5. The first-order valence-corrected chi connectivity index (χ1v) is 19.2. The van der Waals surface area contributed by atoms with Gasteiger partial charge in [0.05, 0.1) is 24.9 Å². The van der Waals surface area contributed by atoms with E-state index >= 15 is 0 Å². The van der Waals surface area contributed by atoms with Crippen molar-refractivity contribution in [3.05, 3.63) is 71.3 Å². The molecule has 3 fully saturated rings. The van der Waals surface area contributed by atoms with Gasteiger partial charge in [-0.05, 0) is 43.2 Å². The van der Waals surface area contributed by atoms with Crippen LogP contribution < -0.4 is 27.7 Å². The molecule has 0 radical (unpaired) electrons. The Morgan fingerprint density at radius 1 is 0.857 bits per heavy atom. The van der Waals surface area contributed by atoms with Crippen LogP contribution in [0.1, 0.15) is 24.6 Å². The van der Waals surface area contributed by atoms with Crippen LogP contribution >= 0.6 is 0 Å². The molecular weight excluding hydrogens is 765 g/mol. The van der Waals surface area contributed by atoms with Crippen molar-refractivity contribution in [1.82, 2.24) is 9.71 Å². The number of rotatable bonds is 9. The summed E-state index contributed by atoms with van der Waals surface area (Å²) in [5.41, 5.74) is 25.2. The van der Waals surface area contributed by atoms with Crippen LogP contribution in [-0.4, -0.2) is 160 Å². The molecule has 2 aromatic rings. The average Bonchev–Trinajstić information content (AvgIpc) is 3.41. The predicted molar refractivity (Wildman–Crippen MR) is 194 cm³/mol. The molecule has 16 N–H and O–H groups in total. The number of pyridine rings is 1. The number of amidine groups is 1. The highest BCUT2D eigenvalue weighted by Gasteiger charge is 2.51. The molecule has 0 spiro atoms. The molecule has 6 rings (SSSR count). The number of aliphatic hydroxyl groups is 7. The van der Waals surface area contributed by atoms with Crippen molar-refractivity contribution in [1.29, 1.82) is 0 Å². The number of aromatic nitrogens is 1. The lowest BCUT2D eigenvalue weighted by Crippen LogP contribution is -2.68. The van der Waals surface area contributed by atoms with Crippen molar-refractivity contribution in [3.8, 4) is 0 Å². The molecule has 22 heteroatoms. The number of aliphatic hydroxyl groups excluding tert-OH is 7. The van der Waals surface area contributed by atoms with Crippen molar-refractivity contribution in [2.24, 2.45) is 27.9 Å². The molecule has 1 aliphatic carbocycles. The topological polar surface area (TPSA) is 354 Å². The third kappa shape index (κ3) is 9.58. The zero-order chi connectivity index (χ0) is 41.1. The van der Waals surface area contributed by atoms with Gasteiger partial charge in [0.15, 0.2) is 12.6 Å². The summed E-state index contributed by atoms with van der Waals surface area (Å²) in [5.74, 6) is -0.130. The number of benzene rings is 1. The standard InChI is InChI=1S/C18H36N4O11.C16H14FN3O2S/c19-2-6-10(25)12(27)13(28)18(30-6)33-16-5(21)1-4(20)15(14(16)29)32-17-11(26)8(22)9(24)7(3-23)31-17;1-11-15(12-5-7-13(17)8-6-12)23(21,22)20-16(11)19-10-14-4-2-3-9-18-14/h4-18,23-29H,1-3,19-22H2;2-9H,10H2,1H3,(H,19,20)/t4-,5+,6-,7-,8+,9-,10-,11-,12+,13-,14-,15+,16-,17-,18-;/m1./s1. The van der Waals surface area contributed by atoms with Crippen molar-refractivity contribution in [2.75, 3.05) is 13.2 Å². The molecule has 1 aromatic heterocycles. The highest BCUT2D eigenvalue weighted by molar-refractivity contribution is 8.00. The quantitative estimate of drug-likeness (QED) is 0.113. The smallest absolute Gasteiger partial charge is 0.264 e. The molecule has 56 heavy (non-hydrogen) atoms. The number of nitrogens with zero attached hydrogens (tertiary/aromatic N) is 2. The summed E-state index contributed by atoms with van der Waals surface area (Å²) in [6.07, 6.45) is -14.8. The summed E-state index contributed by atoms with van der Waals surface area (Å²) in [6, 6.07) is 7.93. The van der Waals surface area contributed by atoms with E-state index in [0.717, 1.165) is 5.69 Å². The van der Waals surface area contributed by atoms with Gasteiger partial charge in [0.2, 0.25) is 0 Å². The molecule has 312 valence electrons. The molecule has 2 saturated heterocycles. The molecule has 0 unspecified atom stereocenters. The third-order valence-corrected chi connectivity index (χ3v) is 11.5. The van der Waals surface area contributed by atoms with Gasteiger partial charge in [0, 0.05) is 30.4 Å². The minimum atomic E-state index is -3.70. The number of hydrogen-bond donors (Lipinski definition) is 12. The average molecular weight is 816 g/mol. The third-order valence-electron chi connectivity index (χ3n) is 9.91. The molecule has 20 nitrogen and oxygen atoms in total. The number of sulfonamides is 1. The van der Waals surface area contributed by atoms with E-state index in [0.29, 0.717) is 11.1 Å². The van der Waals surface area contributed by atoms with Gasteiger partial charge in [-0.2, -0.15) is 0 Å². The van der Waals surface area contributed by atoms with E-state index in [2.05, 4.69) is 14.7 Å². The van der Waals surface area contributed by atoms with Gasteiger partial charge in [0.1, 0.15) is 77.6 Å². The summed E-state index contributed by atoms with van der Waals surface area (Å²) in [5, 5.41) is 70.9. The summed E-state index contributed by atoms with van der Waals surface area (Å²) in [7, 11) is -3.70. The van der Waals surface area contributed by atoms with Gasteiger partial charge in [-0.1, -0.05) is 18.2 Å². The van der Waals surface area contributed by atoms with E-state index in [4.69, 9.17) is 41.9 Å². The Balaban J connectivity index is 0.000000228. The van der Waals surface area contributed by atoms with Crippen LogP contribution in [0.3, 0.4) is 0 Å². The lowest BCUT2D eigenvalue weighted by molar-refractivity contribution is -0.332.